The molecule has 1 aromatic carbocycles. The van der Waals surface area contributed by atoms with Crippen LogP contribution in [-0.2, 0) is 6.54 Å². The van der Waals surface area contributed by atoms with Crippen LogP contribution in [-0.4, -0.2) is 13.2 Å². The molecule has 4 heteroatoms. The highest BCUT2D eigenvalue weighted by Gasteiger charge is 2.18. The van der Waals surface area contributed by atoms with E-state index >= 15 is 0 Å². The first-order valence-electron chi connectivity index (χ1n) is 7.45. The average molecular weight is 303 g/mol. The van der Waals surface area contributed by atoms with Crippen molar-refractivity contribution >= 4 is 17.0 Å². The van der Waals surface area contributed by atoms with E-state index in [1.165, 1.54) is 18.4 Å². The van der Waals surface area contributed by atoms with Crippen molar-refractivity contribution in [3.8, 4) is 11.5 Å². The standard InChI is InChI=1S/C17H21NO2S/c1-19-16-7-6-14(18-11-13-8-9-21-12-13)10-17(16)20-15-4-2-3-5-15/h6-10,12,15,18H,2-5,11H2,1H3. The largest absolute Gasteiger partial charge is 0.493 e. The maximum Gasteiger partial charge on any atom is 0.163 e. The Hall–Kier alpha value is -1.68. The number of hydrogen-bond acceptors (Lipinski definition) is 4. The van der Waals surface area contributed by atoms with E-state index in [1.807, 2.05) is 18.2 Å². The zero-order valence-corrected chi connectivity index (χ0v) is 13.1. The molecule has 1 aromatic heterocycles. The number of methoxy groups -OCH3 is 1. The van der Waals surface area contributed by atoms with Gasteiger partial charge in [0.05, 0.1) is 13.2 Å². The van der Waals surface area contributed by atoms with Gasteiger partial charge in [-0.3, -0.25) is 0 Å². The van der Waals surface area contributed by atoms with E-state index in [2.05, 4.69) is 22.1 Å². The van der Waals surface area contributed by atoms with Crippen molar-refractivity contribution in [1.29, 1.82) is 0 Å². The molecule has 0 atom stereocenters. The smallest absolute Gasteiger partial charge is 0.163 e. The van der Waals surface area contributed by atoms with Crippen LogP contribution in [0.5, 0.6) is 11.5 Å². The highest BCUT2D eigenvalue weighted by atomic mass is 32.1. The Balaban J connectivity index is 1.69. The molecule has 1 N–H and O–H groups in total. The Morgan fingerprint density at radius 3 is 2.76 bits per heavy atom. The lowest BCUT2D eigenvalue weighted by molar-refractivity contribution is 0.201. The molecule has 1 heterocycles. The molecule has 1 saturated carbocycles. The second-order valence-corrected chi connectivity index (χ2v) is 6.16. The van der Waals surface area contributed by atoms with Crippen LogP contribution in [0.3, 0.4) is 0 Å². The number of thiophene rings is 1. The quantitative estimate of drug-likeness (QED) is 0.839. The van der Waals surface area contributed by atoms with Gasteiger partial charge in [0, 0.05) is 18.3 Å². The zero-order chi connectivity index (χ0) is 14.5. The lowest BCUT2D eigenvalue weighted by Gasteiger charge is -2.17. The Labute approximate surface area is 129 Å². The van der Waals surface area contributed by atoms with E-state index in [0.29, 0.717) is 6.10 Å². The first kappa shape index (κ1) is 14.3. The fourth-order valence-electron chi connectivity index (χ4n) is 2.66. The van der Waals surface area contributed by atoms with Gasteiger partial charge in [-0.2, -0.15) is 11.3 Å². The van der Waals surface area contributed by atoms with Gasteiger partial charge in [-0.25, -0.2) is 0 Å². The summed E-state index contributed by atoms with van der Waals surface area (Å²) in [6.45, 7) is 0.832. The summed E-state index contributed by atoms with van der Waals surface area (Å²) in [5.41, 5.74) is 2.36. The van der Waals surface area contributed by atoms with Crippen LogP contribution in [0.4, 0.5) is 5.69 Å². The highest BCUT2D eigenvalue weighted by Crippen LogP contribution is 2.34. The van der Waals surface area contributed by atoms with Crippen molar-refractivity contribution in [3.63, 3.8) is 0 Å². The zero-order valence-electron chi connectivity index (χ0n) is 12.3. The van der Waals surface area contributed by atoms with E-state index < -0.39 is 0 Å². The average Bonchev–Trinajstić information content (AvgIpc) is 3.18. The lowest BCUT2D eigenvalue weighted by atomic mass is 10.2. The van der Waals surface area contributed by atoms with Gasteiger partial charge >= 0.3 is 0 Å². The molecule has 112 valence electrons. The third-order valence-electron chi connectivity index (χ3n) is 3.84. The van der Waals surface area contributed by atoms with Crippen LogP contribution >= 0.6 is 11.3 Å². The van der Waals surface area contributed by atoms with Gasteiger partial charge in [0.15, 0.2) is 11.5 Å². The molecule has 21 heavy (non-hydrogen) atoms. The van der Waals surface area contributed by atoms with Crippen LogP contribution < -0.4 is 14.8 Å². The maximum absolute atomic E-state index is 6.11. The van der Waals surface area contributed by atoms with E-state index in [4.69, 9.17) is 9.47 Å². The van der Waals surface area contributed by atoms with Crippen molar-refractivity contribution in [2.75, 3.05) is 12.4 Å². The minimum atomic E-state index is 0.339. The fourth-order valence-corrected chi connectivity index (χ4v) is 3.33. The Morgan fingerprint density at radius 1 is 1.19 bits per heavy atom. The molecule has 3 rings (SSSR count). The predicted molar refractivity (Wildman–Crippen MR) is 87.5 cm³/mol. The Bertz CT molecular complexity index is 562. The summed E-state index contributed by atoms with van der Waals surface area (Å²) in [6.07, 6.45) is 5.17. The van der Waals surface area contributed by atoms with E-state index in [1.54, 1.807) is 18.4 Å². The second-order valence-electron chi connectivity index (χ2n) is 5.38. The topological polar surface area (TPSA) is 30.5 Å². The van der Waals surface area contributed by atoms with E-state index in [0.717, 1.165) is 36.6 Å². The van der Waals surface area contributed by atoms with E-state index in [-0.39, 0.29) is 0 Å². The summed E-state index contributed by atoms with van der Waals surface area (Å²) in [6, 6.07) is 8.19. The maximum atomic E-state index is 6.11. The summed E-state index contributed by atoms with van der Waals surface area (Å²) < 4.78 is 11.5. The van der Waals surface area contributed by atoms with Crippen molar-refractivity contribution in [1.82, 2.24) is 0 Å². The molecular formula is C17H21NO2S. The molecule has 1 aliphatic carbocycles. The van der Waals surface area contributed by atoms with Crippen molar-refractivity contribution in [3.05, 3.63) is 40.6 Å². The summed E-state index contributed by atoms with van der Waals surface area (Å²) in [5.74, 6) is 1.66. The predicted octanol–water partition coefficient (Wildman–Crippen LogP) is 4.69. The third kappa shape index (κ3) is 3.70. The summed E-state index contributed by atoms with van der Waals surface area (Å²) >= 11 is 1.72. The first-order chi connectivity index (χ1) is 10.3. The van der Waals surface area contributed by atoms with Gasteiger partial charge in [-0.15, -0.1) is 0 Å². The molecule has 0 aliphatic heterocycles. The van der Waals surface area contributed by atoms with Crippen LogP contribution in [0.15, 0.2) is 35.0 Å². The van der Waals surface area contributed by atoms with Crippen molar-refractivity contribution in [2.24, 2.45) is 0 Å². The molecule has 0 amide bonds. The van der Waals surface area contributed by atoms with Gasteiger partial charge in [0.25, 0.3) is 0 Å². The molecule has 0 saturated heterocycles. The number of anilines is 1. The minimum absolute atomic E-state index is 0.339. The van der Waals surface area contributed by atoms with Crippen LogP contribution in [0, 0.1) is 0 Å². The van der Waals surface area contributed by atoms with Gasteiger partial charge < -0.3 is 14.8 Å². The molecule has 0 bridgehead atoms. The molecule has 3 nitrogen and oxygen atoms in total. The normalized spacial score (nSPS) is 15.1. The fraction of sp³-hybridized carbons (Fsp3) is 0.412. The Morgan fingerprint density at radius 2 is 2.05 bits per heavy atom. The van der Waals surface area contributed by atoms with Crippen LogP contribution in [0.2, 0.25) is 0 Å². The van der Waals surface area contributed by atoms with E-state index in [9.17, 15) is 0 Å². The number of hydrogen-bond donors (Lipinski definition) is 1. The van der Waals surface area contributed by atoms with Gasteiger partial charge in [-0.05, 0) is 60.2 Å². The summed E-state index contributed by atoms with van der Waals surface area (Å²) in [7, 11) is 1.69. The Kier molecular flexibility index (Phi) is 4.65. The molecule has 1 fully saturated rings. The summed E-state index contributed by atoms with van der Waals surface area (Å²) in [5, 5.41) is 7.69. The van der Waals surface area contributed by atoms with Gasteiger partial charge in [0.2, 0.25) is 0 Å². The van der Waals surface area contributed by atoms with Crippen LogP contribution in [0.25, 0.3) is 0 Å². The minimum Gasteiger partial charge on any atom is -0.493 e. The van der Waals surface area contributed by atoms with Crippen molar-refractivity contribution in [2.45, 2.75) is 38.3 Å². The molecule has 0 radical (unpaired) electrons. The molecule has 1 aliphatic rings. The van der Waals surface area contributed by atoms with Crippen molar-refractivity contribution < 1.29 is 9.47 Å². The molecule has 2 aromatic rings. The molecule has 0 spiro atoms. The number of nitrogens with one attached hydrogen (secondary N) is 1. The summed E-state index contributed by atoms with van der Waals surface area (Å²) in [4.78, 5) is 0. The number of rotatable bonds is 6. The van der Waals surface area contributed by atoms with Gasteiger partial charge in [0.1, 0.15) is 0 Å². The SMILES string of the molecule is COc1ccc(NCc2ccsc2)cc1OC1CCCC1. The highest BCUT2D eigenvalue weighted by molar-refractivity contribution is 7.07. The number of ether oxygens (including phenoxy) is 2. The lowest BCUT2D eigenvalue weighted by Crippen LogP contribution is -2.11. The first-order valence-corrected chi connectivity index (χ1v) is 8.39. The molecular weight excluding hydrogens is 282 g/mol. The third-order valence-corrected chi connectivity index (χ3v) is 4.57. The van der Waals surface area contributed by atoms with Gasteiger partial charge in [-0.1, -0.05) is 0 Å². The van der Waals surface area contributed by atoms with Crippen LogP contribution in [0.1, 0.15) is 31.2 Å². The monoisotopic (exact) mass is 303 g/mol. The molecule has 0 unspecified atom stereocenters. The second kappa shape index (κ2) is 6.85. The number of benzene rings is 1.